The van der Waals surface area contributed by atoms with E-state index in [-0.39, 0.29) is 41.1 Å². The van der Waals surface area contributed by atoms with Crippen LogP contribution in [0.15, 0.2) is 48.4 Å². The number of amides is 1. The molecule has 9 nitrogen and oxygen atoms in total. The molecule has 41 heavy (non-hydrogen) atoms. The van der Waals surface area contributed by atoms with Crippen molar-refractivity contribution in [2.75, 3.05) is 6.54 Å². The van der Waals surface area contributed by atoms with Gasteiger partial charge in [-0.2, -0.15) is 26.7 Å². The van der Waals surface area contributed by atoms with Crippen LogP contribution in [0.1, 0.15) is 19.5 Å². The Balaban J connectivity index is 1.77. The molecule has 0 aliphatic carbocycles. The molecule has 216 valence electrons. The van der Waals surface area contributed by atoms with Gasteiger partial charge in [0.25, 0.3) is 0 Å². The van der Waals surface area contributed by atoms with Gasteiger partial charge in [-0.1, -0.05) is 6.58 Å². The maximum absolute atomic E-state index is 14.3. The first-order valence-corrected chi connectivity index (χ1v) is 14.4. The fourth-order valence-electron chi connectivity index (χ4n) is 4.40. The van der Waals surface area contributed by atoms with Crippen molar-refractivity contribution >= 4 is 37.4 Å². The zero-order valence-electron chi connectivity index (χ0n) is 21.6. The highest BCUT2D eigenvalue weighted by molar-refractivity contribution is 7.88. The van der Waals surface area contributed by atoms with E-state index >= 15 is 0 Å². The third kappa shape index (κ3) is 5.38. The molecule has 15 heteroatoms. The second-order valence-corrected chi connectivity index (χ2v) is 11.8. The van der Waals surface area contributed by atoms with E-state index in [0.29, 0.717) is 34.6 Å². The van der Waals surface area contributed by atoms with E-state index in [0.717, 1.165) is 11.3 Å². The van der Waals surface area contributed by atoms with E-state index in [4.69, 9.17) is 4.74 Å². The van der Waals surface area contributed by atoms with Crippen molar-refractivity contribution in [3.05, 3.63) is 59.9 Å². The second kappa shape index (κ2) is 10.4. The van der Waals surface area contributed by atoms with Crippen LogP contribution in [0.5, 0.6) is 11.6 Å². The average molecular weight is 611 g/mol. The maximum atomic E-state index is 14.3. The Hall–Kier alpha value is -3.98. The standard InChI is InChI=1S/C26H22F4N4O5S2/c1-4-21(35)33-8-9-34-16(13-33)12-19(32-34)23-22(17-6-5-15(27)11-20(17)38-14(2)3)24-18(7-10-40-24)25(31-23)39-41(36,37)26(28,29)30/h4-7,10-12,14H,1,8-9,13H2,2-3H3. The van der Waals surface area contributed by atoms with E-state index in [1.807, 2.05) is 0 Å². The Morgan fingerprint density at radius 1 is 1.20 bits per heavy atom. The number of rotatable bonds is 7. The van der Waals surface area contributed by atoms with Crippen molar-refractivity contribution in [3.63, 3.8) is 0 Å². The first kappa shape index (κ1) is 28.5. The van der Waals surface area contributed by atoms with Crippen molar-refractivity contribution in [1.29, 1.82) is 0 Å². The van der Waals surface area contributed by atoms with Crippen molar-refractivity contribution in [3.8, 4) is 34.1 Å². The number of hydrogen-bond acceptors (Lipinski definition) is 8. The molecule has 1 aliphatic rings. The summed E-state index contributed by atoms with van der Waals surface area (Å²) in [6.45, 7) is 7.82. The van der Waals surface area contributed by atoms with Crippen LogP contribution in [-0.4, -0.2) is 52.1 Å². The molecule has 0 bridgehead atoms. The molecular weight excluding hydrogens is 588 g/mol. The summed E-state index contributed by atoms with van der Waals surface area (Å²) in [5.41, 5.74) is -4.25. The molecule has 0 radical (unpaired) electrons. The van der Waals surface area contributed by atoms with Crippen LogP contribution in [0.2, 0.25) is 0 Å². The Bertz CT molecular complexity index is 1780. The molecular formula is C26H22F4N4O5S2. The fourth-order valence-corrected chi connectivity index (χ4v) is 5.78. The first-order valence-electron chi connectivity index (χ1n) is 12.2. The van der Waals surface area contributed by atoms with Gasteiger partial charge in [0.05, 0.1) is 30.3 Å². The van der Waals surface area contributed by atoms with E-state index in [9.17, 15) is 30.8 Å². The number of pyridine rings is 1. The molecule has 0 saturated carbocycles. The van der Waals surface area contributed by atoms with E-state index in [1.165, 1.54) is 35.7 Å². The molecule has 0 saturated heterocycles. The minimum Gasteiger partial charge on any atom is -0.490 e. The van der Waals surface area contributed by atoms with Crippen LogP contribution in [0.25, 0.3) is 32.6 Å². The number of halogens is 4. The number of hydrogen-bond donors (Lipinski definition) is 0. The largest absolute Gasteiger partial charge is 0.534 e. The van der Waals surface area contributed by atoms with Crippen molar-refractivity contribution < 1.29 is 39.7 Å². The molecule has 1 aliphatic heterocycles. The summed E-state index contributed by atoms with van der Waals surface area (Å²) in [6, 6.07) is 6.79. The van der Waals surface area contributed by atoms with Gasteiger partial charge in [-0.15, -0.1) is 11.3 Å². The van der Waals surface area contributed by atoms with Gasteiger partial charge in [0.15, 0.2) is 0 Å². The van der Waals surface area contributed by atoms with Crippen molar-refractivity contribution in [2.45, 2.75) is 38.5 Å². The third-order valence-corrected chi connectivity index (χ3v) is 8.02. The van der Waals surface area contributed by atoms with E-state index in [1.54, 1.807) is 29.5 Å². The number of carbonyl (C=O) groups is 1. The summed E-state index contributed by atoms with van der Waals surface area (Å²) in [7, 11) is -6.06. The van der Waals surface area contributed by atoms with Gasteiger partial charge in [-0.25, -0.2) is 9.37 Å². The van der Waals surface area contributed by atoms with Crippen LogP contribution >= 0.6 is 11.3 Å². The zero-order chi connectivity index (χ0) is 29.7. The lowest BCUT2D eigenvalue weighted by atomic mass is 9.99. The smallest absolute Gasteiger partial charge is 0.490 e. The summed E-state index contributed by atoms with van der Waals surface area (Å²) in [5, 5.41) is 6.10. The summed E-state index contributed by atoms with van der Waals surface area (Å²) in [5.74, 6) is -1.52. The predicted molar refractivity (Wildman–Crippen MR) is 143 cm³/mol. The molecule has 0 atom stereocenters. The van der Waals surface area contributed by atoms with Crippen LogP contribution < -0.4 is 8.92 Å². The van der Waals surface area contributed by atoms with Crippen LogP contribution in [-0.2, 0) is 28.0 Å². The number of benzene rings is 1. The number of ether oxygens (including phenoxy) is 1. The quantitative estimate of drug-likeness (QED) is 0.118. The van der Waals surface area contributed by atoms with E-state index < -0.39 is 27.3 Å². The Labute approximate surface area is 235 Å². The molecule has 5 rings (SSSR count). The predicted octanol–water partition coefficient (Wildman–Crippen LogP) is 5.51. The highest BCUT2D eigenvalue weighted by Gasteiger charge is 2.49. The summed E-state index contributed by atoms with van der Waals surface area (Å²) in [6.07, 6.45) is 0.825. The molecule has 0 spiro atoms. The van der Waals surface area contributed by atoms with Crippen LogP contribution in [0.3, 0.4) is 0 Å². The van der Waals surface area contributed by atoms with Crippen molar-refractivity contribution in [1.82, 2.24) is 19.7 Å². The minimum absolute atomic E-state index is 0.00637. The van der Waals surface area contributed by atoms with E-state index in [2.05, 4.69) is 20.8 Å². The number of aromatic nitrogens is 3. The Kier molecular flexibility index (Phi) is 7.27. The second-order valence-electron chi connectivity index (χ2n) is 9.30. The number of alkyl halides is 3. The molecule has 1 amide bonds. The number of nitrogens with zero attached hydrogens (tertiary/aromatic N) is 4. The topological polar surface area (TPSA) is 104 Å². The lowest BCUT2D eigenvalue weighted by Gasteiger charge is -2.26. The highest BCUT2D eigenvalue weighted by Crippen LogP contribution is 2.46. The van der Waals surface area contributed by atoms with Gasteiger partial charge < -0.3 is 13.8 Å². The van der Waals surface area contributed by atoms with Gasteiger partial charge in [0.2, 0.25) is 11.8 Å². The molecule has 0 fully saturated rings. The number of fused-ring (bicyclic) bond motifs is 2. The maximum Gasteiger partial charge on any atom is 0.534 e. The molecule has 0 N–H and O–H groups in total. The lowest BCUT2D eigenvalue weighted by Crippen LogP contribution is -2.37. The van der Waals surface area contributed by atoms with Gasteiger partial charge in [-0.05, 0) is 49.6 Å². The summed E-state index contributed by atoms with van der Waals surface area (Å²) < 4.78 is 90.4. The first-order chi connectivity index (χ1) is 19.3. The summed E-state index contributed by atoms with van der Waals surface area (Å²) >= 11 is 1.10. The van der Waals surface area contributed by atoms with Gasteiger partial charge in [0, 0.05) is 28.4 Å². The number of thiophene rings is 1. The molecule has 4 aromatic rings. The Morgan fingerprint density at radius 2 is 1.95 bits per heavy atom. The minimum atomic E-state index is -6.06. The molecule has 3 aromatic heterocycles. The average Bonchev–Trinajstić information content (AvgIpc) is 3.54. The normalized spacial score (nSPS) is 13.9. The van der Waals surface area contributed by atoms with Gasteiger partial charge in [-0.3, -0.25) is 9.48 Å². The molecule has 4 heterocycles. The van der Waals surface area contributed by atoms with Crippen LogP contribution in [0, 0.1) is 5.82 Å². The lowest BCUT2D eigenvalue weighted by molar-refractivity contribution is -0.127. The zero-order valence-corrected chi connectivity index (χ0v) is 23.2. The van der Waals surface area contributed by atoms with Gasteiger partial charge >= 0.3 is 15.6 Å². The van der Waals surface area contributed by atoms with Crippen LogP contribution in [0.4, 0.5) is 17.6 Å². The Morgan fingerprint density at radius 3 is 2.63 bits per heavy atom. The number of carbonyl (C=O) groups excluding carboxylic acids is 1. The third-order valence-electron chi connectivity index (χ3n) is 6.15. The van der Waals surface area contributed by atoms with Crippen molar-refractivity contribution in [2.24, 2.45) is 0 Å². The summed E-state index contributed by atoms with van der Waals surface area (Å²) in [4.78, 5) is 18.0. The fraction of sp³-hybridized carbons (Fsp3) is 0.269. The van der Waals surface area contributed by atoms with Gasteiger partial charge in [0.1, 0.15) is 23.0 Å². The molecule has 1 aromatic carbocycles. The molecule has 0 unspecified atom stereocenters. The SMILES string of the molecule is C=CC(=O)N1CCn2nc(-c3nc(OS(=O)(=O)C(F)(F)F)c4ccsc4c3-c3ccc(F)cc3OC(C)C)cc2C1. The monoisotopic (exact) mass is 610 g/mol. The highest BCUT2D eigenvalue weighted by atomic mass is 32.2.